The molecule has 0 aliphatic carbocycles. The minimum atomic E-state index is -1.15. The largest absolute Gasteiger partial charge is 0.480 e. The van der Waals surface area contributed by atoms with Gasteiger partial charge in [-0.25, -0.2) is 4.84 Å². The van der Waals surface area contributed by atoms with Crippen molar-refractivity contribution in [2.24, 2.45) is 0 Å². The van der Waals surface area contributed by atoms with E-state index in [0.717, 1.165) is 0 Å². The highest BCUT2D eigenvalue weighted by atomic mass is 35.5. The fraction of sp³-hybridized carbons (Fsp3) is 0.667. The first-order valence-corrected chi connectivity index (χ1v) is 5.37. The van der Waals surface area contributed by atoms with Crippen LogP contribution in [0.15, 0.2) is 0 Å². The third kappa shape index (κ3) is 5.50. The Labute approximate surface area is 104 Å². The number of hydrogen-bond donors (Lipinski definition) is 4. The zero-order valence-electron chi connectivity index (χ0n) is 9.78. The fourth-order valence-corrected chi connectivity index (χ4v) is 0.953. The van der Waals surface area contributed by atoms with E-state index < -0.39 is 35.9 Å². The van der Waals surface area contributed by atoms with Crippen LogP contribution in [-0.4, -0.2) is 41.0 Å². The second-order valence-corrected chi connectivity index (χ2v) is 3.85. The molecule has 0 aromatic heterocycles. The summed E-state index contributed by atoms with van der Waals surface area (Å²) in [7, 11) is 0. The van der Waals surface area contributed by atoms with Crippen LogP contribution in [0.2, 0.25) is 0 Å². The molecule has 0 fully saturated rings. The maximum atomic E-state index is 11.5. The van der Waals surface area contributed by atoms with E-state index in [0.29, 0.717) is 0 Å². The van der Waals surface area contributed by atoms with Crippen LogP contribution in [-0.2, 0) is 14.4 Å². The highest BCUT2D eigenvalue weighted by molar-refractivity contribution is 6.15. The van der Waals surface area contributed by atoms with E-state index in [1.165, 1.54) is 20.8 Å². The van der Waals surface area contributed by atoms with Crippen molar-refractivity contribution >= 4 is 29.6 Å². The van der Waals surface area contributed by atoms with Gasteiger partial charge in [-0.3, -0.25) is 14.4 Å². The third-order valence-electron chi connectivity index (χ3n) is 2.04. The number of rotatable bonds is 6. The lowest BCUT2D eigenvalue weighted by atomic mass is 10.2. The first kappa shape index (κ1) is 15.7. The first-order chi connectivity index (χ1) is 7.79. The second-order valence-electron chi connectivity index (χ2n) is 3.63. The lowest BCUT2D eigenvalue weighted by Crippen LogP contribution is -2.52. The average Bonchev–Trinajstić information content (AvgIpc) is 2.27. The number of nitrogens with one attached hydrogen (secondary N) is 3. The monoisotopic (exact) mass is 265 g/mol. The van der Waals surface area contributed by atoms with Crippen molar-refractivity contribution in [1.29, 1.82) is 0 Å². The van der Waals surface area contributed by atoms with Crippen LogP contribution >= 0.6 is 11.8 Å². The molecular formula is C9H16ClN3O4. The molecule has 4 N–H and O–H groups in total. The Kier molecular flexibility index (Phi) is 6.52. The Balaban J connectivity index is 4.23. The van der Waals surface area contributed by atoms with Crippen LogP contribution < -0.4 is 15.5 Å². The quantitative estimate of drug-likeness (QED) is 0.471. The molecule has 0 unspecified atom stereocenters. The summed E-state index contributed by atoms with van der Waals surface area (Å²) in [6, 6.07) is -2.49. The number of amides is 2. The maximum absolute atomic E-state index is 11.5. The van der Waals surface area contributed by atoms with Crippen LogP contribution in [0.25, 0.3) is 0 Å². The van der Waals surface area contributed by atoms with E-state index >= 15 is 0 Å². The third-order valence-corrected chi connectivity index (χ3v) is 2.37. The number of aliphatic carboxylic acids is 1. The van der Waals surface area contributed by atoms with Crippen molar-refractivity contribution < 1.29 is 19.5 Å². The van der Waals surface area contributed by atoms with Gasteiger partial charge in [0.15, 0.2) is 0 Å². The Morgan fingerprint density at radius 1 is 0.941 bits per heavy atom. The molecule has 0 saturated heterocycles. The average molecular weight is 266 g/mol. The molecule has 2 amide bonds. The lowest BCUT2D eigenvalue weighted by Gasteiger charge is -2.17. The number of carbonyl (C=O) groups excluding carboxylic acids is 2. The van der Waals surface area contributed by atoms with Crippen molar-refractivity contribution in [3.05, 3.63) is 0 Å². The van der Waals surface area contributed by atoms with Crippen LogP contribution in [0.5, 0.6) is 0 Å². The summed E-state index contributed by atoms with van der Waals surface area (Å²) < 4.78 is 0. The molecule has 8 heteroatoms. The SMILES string of the molecule is C[C@H](NC(=O)[C@H](C)NC(=O)[C@H](C)NCl)C(=O)O. The van der Waals surface area contributed by atoms with E-state index in [-0.39, 0.29) is 0 Å². The Bertz CT molecular complexity index is 311. The van der Waals surface area contributed by atoms with Crippen molar-refractivity contribution in [3.8, 4) is 0 Å². The topological polar surface area (TPSA) is 108 Å². The summed E-state index contributed by atoms with van der Waals surface area (Å²) in [5.41, 5.74) is 0. The molecule has 0 radical (unpaired) electrons. The molecule has 0 aliphatic rings. The predicted molar refractivity (Wildman–Crippen MR) is 61.3 cm³/mol. The van der Waals surface area contributed by atoms with E-state index in [4.69, 9.17) is 16.9 Å². The van der Waals surface area contributed by atoms with Gasteiger partial charge < -0.3 is 15.7 Å². The van der Waals surface area contributed by atoms with E-state index in [1.54, 1.807) is 0 Å². The molecular weight excluding hydrogens is 250 g/mol. The van der Waals surface area contributed by atoms with Crippen molar-refractivity contribution in [1.82, 2.24) is 15.5 Å². The molecule has 0 bridgehead atoms. The van der Waals surface area contributed by atoms with Gasteiger partial charge in [0.25, 0.3) is 0 Å². The molecule has 98 valence electrons. The molecule has 0 aromatic carbocycles. The molecule has 17 heavy (non-hydrogen) atoms. The van der Waals surface area contributed by atoms with E-state index in [1.807, 2.05) is 0 Å². The van der Waals surface area contributed by atoms with Gasteiger partial charge in [0, 0.05) is 0 Å². The van der Waals surface area contributed by atoms with Gasteiger partial charge in [0.1, 0.15) is 12.1 Å². The van der Waals surface area contributed by atoms with Gasteiger partial charge >= 0.3 is 5.97 Å². The summed E-state index contributed by atoms with van der Waals surface area (Å²) in [6.07, 6.45) is 0. The number of carbonyl (C=O) groups is 3. The number of carboxylic acid groups (broad SMARTS) is 1. The van der Waals surface area contributed by atoms with Crippen molar-refractivity contribution in [2.45, 2.75) is 38.9 Å². The molecule has 0 saturated carbocycles. The standard InChI is InChI=1S/C9H16ClN3O4/c1-4(11-8(15)5(2)13-10)7(14)12-6(3)9(16)17/h4-6,13H,1-3H3,(H,11,15)(H,12,14)(H,16,17)/t4-,5-,6-/m0/s1. The second kappa shape index (κ2) is 7.08. The van der Waals surface area contributed by atoms with Gasteiger partial charge in [-0.15, -0.1) is 0 Å². The molecule has 3 atom stereocenters. The number of halogens is 1. The summed E-state index contributed by atoms with van der Waals surface area (Å²) in [5, 5.41) is 13.2. The van der Waals surface area contributed by atoms with Crippen LogP contribution in [0.4, 0.5) is 0 Å². The smallest absolute Gasteiger partial charge is 0.325 e. The molecule has 0 aliphatic heterocycles. The van der Waals surface area contributed by atoms with Crippen molar-refractivity contribution in [2.75, 3.05) is 0 Å². The van der Waals surface area contributed by atoms with Gasteiger partial charge in [-0.05, 0) is 32.5 Å². The molecule has 0 heterocycles. The van der Waals surface area contributed by atoms with E-state index in [9.17, 15) is 14.4 Å². The van der Waals surface area contributed by atoms with Gasteiger partial charge in [-0.2, -0.15) is 0 Å². The Hall–Kier alpha value is -1.34. The van der Waals surface area contributed by atoms with Gasteiger partial charge in [0.05, 0.1) is 6.04 Å². The highest BCUT2D eigenvalue weighted by Crippen LogP contribution is 1.90. The van der Waals surface area contributed by atoms with Crippen LogP contribution in [0.3, 0.4) is 0 Å². The minimum absolute atomic E-state index is 0.453. The zero-order valence-corrected chi connectivity index (χ0v) is 10.5. The molecule has 7 nitrogen and oxygen atoms in total. The lowest BCUT2D eigenvalue weighted by molar-refractivity contribution is -0.141. The zero-order chi connectivity index (χ0) is 13.6. The fourth-order valence-electron chi connectivity index (χ4n) is 0.854. The number of carboxylic acids is 1. The number of hydrogen-bond acceptors (Lipinski definition) is 4. The Morgan fingerprint density at radius 2 is 1.35 bits per heavy atom. The predicted octanol–water partition coefficient (Wildman–Crippen LogP) is -0.788. The Morgan fingerprint density at radius 3 is 1.76 bits per heavy atom. The summed E-state index contributed by atoms with van der Waals surface area (Å²) in [5.74, 6) is -2.17. The summed E-state index contributed by atoms with van der Waals surface area (Å²) >= 11 is 5.25. The van der Waals surface area contributed by atoms with Crippen molar-refractivity contribution in [3.63, 3.8) is 0 Å². The minimum Gasteiger partial charge on any atom is -0.480 e. The highest BCUT2D eigenvalue weighted by Gasteiger charge is 2.22. The molecule has 0 rings (SSSR count). The van der Waals surface area contributed by atoms with Crippen LogP contribution in [0, 0.1) is 0 Å². The summed E-state index contributed by atoms with van der Waals surface area (Å²) in [6.45, 7) is 4.30. The maximum Gasteiger partial charge on any atom is 0.325 e. The normalized spacial score (nSPS) is 15.5. The molecule has 0 spiro atoms. The van der Waals surface area contributed by atoms with Gasteiger partial charge in [0.2, 0.25) is 11.8 Å². The first-order valence-electron chi connectivity index (χ1n) is 4.99. The summed E-state index contributed by atoms with van der Waals surface area (Å²) in [4.78, 5) is 35.5. The molecule has 0 aromatic rings. The van der Waals surface area contributed by atoms with Gasteiger partial charge in [-0.1, -0.05) is 0 Å². The van der Waals surface area contributed by atoms with Crippen LogP contribution in [0.1, 0.15) is 20.8 Å². The van der Waals surface area contributed by atoms with E-state index in [2.05, 4.69) is 15.5 Å².